The first-order valence-electron chi connectivity index (χ1n) is 11.9. The van der Waals surface area contributed by atoms with Crippen molar-refractivity contribution in [3.8, 4) is 5.75 Å². The molecule has 2 heterocycles. The van der Waals surface area contributed by atoms with Crippen molar-refractivity contribution in [3.63, 3.8) is 0 Å². The van der Waals surface area contributed by atoms with Crippen LogP contribution in [0.2, 0.25) is 0 Å². The van der Waals surface area contributed by atoms with Gasteiger partial charge < -0.3 is 9.64 Å². The predicted molar refractivity (Wildman–Crippen MR) is 130 cm³/mol. The molecule has 2 amide bonds. The zero-order valence-electron chi connectivity index (χ0n) is 20.3. The monoisotopic (exact) mass is 446 g/mol. The third kappa shape index (κ3) is 4.97. The summed E-state index contributed by atoms with van der Waals surface area (Å²) in [6.45, 7) is 12.3. The zero-order valence-corrected chi connectivity index (χ0v) is 20.3. The van der Waals surface area contributed by atoms with E-state index in [2.05, 4.69) is 18.7 Å². The Hall–Kier alpha value is -3.08. The molecule has 1 saturated heterocycles. The fourth-order valence-corrected chi connectivity index (χ4v) is 4.95. The molecule has 2 aromatic carbocycles. The summed E-state index contributed by atoms with van der Waals surface area (Å²) in [6, 6.07) is 15.5. The lowest BCUT2D eigenvalue weighted by Gasteiger charge is -2.37. The van der Waals surface area contributed by atoms with Crippen LogP contribution in [-0.2, 0) is 16.1 Å². The van der Waals surface area contributed by atoms with Gasteiger partial charge in [-0.05, 0) is 62.3 Å². The standard InChI is InChI=1S/C28H34N2O3/c1-18(2)33-24-12-10-23(11-13-24)25-26(29-15-20(4)14-21(5)16-29)28(32)30(27(25)31)17-22-8-6-19(3)7-9-22/h6-13,18,20-21H,14-17H2,1-5H3. The van der Waals surface area contributed by atoms with Gasteiger partial charge in [-0.25, -0.2) is 0 Å². The number of carbonyl (C=O) groups is 2. The molecule has 0 radical (unpaired) electrons. The SMILES string of the molecule is Cc1ccc(CN2C(=O)C(c3ccc(OC(C)C)cc3)=C(N3CC(C)CC(C)C3)C2=O)cc1. The predicted octanol–water partition coefficient (Wildman–Crippen LogP) is 5.04. The highest BCUT2D eigenvalue weighted by Gasteiger charge is 2.42. The van der Waals surface area contributed by atoms with E-state index in [0.29, 0.717) is 23.1 Å². The molecule has 0 bridgehead atoms. The van der Waals surface area contributed by atoms with Crippen LogP contribution in [0.5, 0.6) is 5.75 Å². The Labute approximate surface area is 197 Å². The first-order valence-corrected chi connectivity index (χ1v) is 11.9. The lowest BCUT2D eigenvalue weighted by molar-refractivity contribution is -0.138. The summed E-state index contributed by atoms with van der Waals surface area (Å²) in [5, 5.41) is 0. The topological polar surface area (TPSA) is 49.9 Å². The van der Waals surface area contributed by atoms with E-state index >= 15 is 0 Å². The van der Waals surface area contributed by atoms with E-state index in [1.165, 1.54) is 4.90 Å². The van der Waals surface area contributed by atoms with E-state index in [0.717, 1.165) is 42.0 Å². The molecular formula is C28H34N2O3. The molecule has 174 valence electrons. The van der Waals surface area contributed by atoms with Crippen LogP contribution in [0, 0.1) is 18.8 Å². The molecule has 0 aliphatic carbocycles. The Morgan fingerprint density at radius 3 is 2.09 bits per heavy atom. The number of aryl methyl sites for hydroxylation is 1. The number of carbonyl (C=O) groups excluding carboxylic acids is 2. The van der Waals surface area contributed by atoms with E-state index < -0.39 is 0 Å². The molecule has 5 nitrogen and oxygen atoms in total. The van der Waals surface area contributed by atoms with E-state index in [1.807, 2.05) is 69.3 Å². The number of likely N-dealkylation sites (tertiary alicyclic amines) is 1. The van der Waals surface area contributed by atoms with Crippen molar-refractivity contribution < 1.29 is 14.3 Å². The molecule has 2 unspecified atom stereocenters. The Morgan fingerprint density at radius 1 is 0.909 bits per heavy atom. The van der Waals surface area contributed by atoms with Crippen LogP contribution in [0.1, 0.15) is 50.8 Å². The fourth-order valence-electron chi connectivity index (χ4n) is 4.95. The third-order valence-corrected chi connectivity index (χ3v) is 6.30. The molecule has 2 aliphatic rings. The van der Waals surface area contributed by atoms with Gasteiger partial charge in [-0.15, -0.1) is 0 Å². The number of rotatable bonds is 6. The average molecular weight is 447 g/mol. The number of imide groups is 1. The van der Waals surface area contributed by atoms with E-state index in [9.17, 15) is 9.59 Å². The summed E-state index contributed by atoms with van der Waals surface area (Å²) in [7, 11) is 0. The Bertz CT molecular complexity index is 1040. The maximum atomic E-state index is 13.7. The number of benzene rings is 2. The minimum atomic E-state index is -0.223. The highest BCUT2D eigenvalue weighted by Crippen LogP contribution is 2.36. The minimum Gasteiger partial charge on any atom is -0.491 e. The van der Waals surface area contributed by atoms with Crippen molar-refractivity contribution in [1.29, 1.82) is 0 Å². The summed E-state index contributed by atoms with van der Waals surface area (Å²) in [5.74, 6) is 1.28. The second-order valence-electron chi connectivity index (χ2n) is 9.95. The number of ether oxygens (including phenoxy) is 1. The van der Waals surface area contributed by atoms with Gasteiger partial charge in [-0.3, -0.25) is 14.5 Å². The average Bonchev–Trinajstić information content (AvgIpc) is 2.99. The molecule has 33 heavy (non-hydrogen) atoms. The molecular weight excluding hydrogens is 412 g/mol. The van der Waals surface area contributed by atoms with Gasteiger partial charge in [0.25, 0.3) is 11.8 Å². The van der Waals surface area contributed by atoms with Gasteiger partial charge in [0.1, 0.15) is 11.4 Å². The largest absolute Gasteiger partial charge is 0.491 e. The third-order valence-electron chi connectivity index (χ3n) is 6.30. The Morgan fingerprint density at radius 2 is 1.52 bits per heavy atom. The van der Waals surface area contributed by atoms with Crippen LogP contribution in [0.25, 0.3) is 5.57 Å². The van der Waals surface area contributed by atoms with Crippen LogP contribution in [-0.4, -0.2) is 40.8 Å². The summed E-state index contributed by atoms with van der Waals surface area (Å²) < 4.78 is 5.77. The maximum Gasteiger partial charge on any atom is 0.278 e. The Balaban J connectivity index is 1.71. The van der Waals surface area contributed by atoms with Crippen LogP contribution in [0.3, 0.4) is 0 Å². The molecule has 5 heteroatoms. The number of nitrogens with zero attached hydrogens (tertiary/aromatic N) is 2. The number of piperidine rings is 1. The van der Waals surface area contributed by atoms with Crippen molar-refractivity contribution in [3.05, 3.63) is 70.9 Å². The van der Waals surface area contributed by atoms with Gasteiger partial charge in [0, 0.05) is 13.1 Å². The molecule has 4 rings (SSSR count). The summed E-state index contributed by atoms with van der Waals surface area (Å²) in [4.78, 5) is 30.9. The van der Waals surface area contributed by atoms with E-state index in [1.54, 1.807) is 0 Å². The van der Waals surface area contributed by atoms with Crippen molar-refractivity contribution in [1.82, 2.24) is 9.80 Å². The van der Waals surface area contributed by atoms with Crippen molar-refractivity contribution in [2.45, 2.75) is 53.7 Å². The first-order chi connectivity index (χ1) is 15.7. The lowest BCUT2D eigenvalue weighted by Crippen LogP contribution is -2.41. The maximum absolute atomic E-state index is 13.7. The van der Waals surface area contributed by atoms with Gasteiger partial charge in [0.15, 0.2) is 0 Å². The molecule has 0 spiro atoms. The number of hydrogen-bond donors (Lipinski definition) is 0. The smallest absolute Gasteiger partial charge is 0.278 e. The first kappa shape index (κ1) is 23.1. The van der Waals surface area contributed by atoms with Gasteiger partial charge >= 0.3 is 0 Å². The molecule has 0 aromatic heterocycles. The summed E-state index contributed by atoms with van der Waals surface area (Å²) in [6.07, 6.45) is 1.21. The van der Waals surface area contributed by atoms with Crippen LogP contribution < -0.4 is 4.74 Å². The van der Waals surface area contributed by atoms with Crippen LogP contribution in [0.15, 0.2) is 54.2 Å². The van der Waals surface area contributed by atoms with Crippen LogP contribution >= 0.6 is 0 Å². The van der Waals surface area contributed by atoms with Crippen molar-refractivity contribution in [2.75, 3.05) is 13.1 Å². The fraction of sp³-hybridized carbons (Fsp3) is 0.429. The van der Waals surface area contributed by atoms with E-state index in [4.69, 9.17) is 4.74 Å². The van der Waals surface area contributed by atoms with Gasteiger partial charge in [0.05, 0.1) is 18.2 Å². The quantitative estimate of drug-likeness (QED) is 0.584. The summed E-state index contributed by atoms with van der Waals surface area (Å²) in [5.41, 5.74) is 3.91. The molecule has 2 aliphatic heterocycles. The molecule has 1 fully saturated rings. The molecule has 0 N–H and O–H groups in total. The summed E-state index contributed by atoms with van der Waals surface area (Å²) >= 11 is 0. The van der Waals surface area contributed by atoms with Crippen molar-refractivity contribution >= 4 is 17.4 Å². The van der Waals surface area contributed by atoms with Crippen molar-refractivity contribution in [2.24, 2.45) is 11.8 Å². The number of amides is 2. The molecule has 0 saturated carbocycles. The highest BCUT2D eigenvalue weighted by atomic mass is 16.5. The van der Waals surface area contributed by atoms with Gasteiger partial charge in [-0.1, -0.05) is 55.8 Å². The number of hydrogen-bond acceptors (Lipinski definition) is 4. The minimum absolute atomic E-state index is 0.0710. The second kappa shape index (κ2) is 9.42. The molecule has 2 aromatic rings. The Kier molecular flexibility index (Phi) is 6.59. The lowest BCUT2D eigenvalue weighted by atomic mass is 9.91. The van der Waals surface area contributed by atoms with Gasteiger partial charge in [-0.2, -0.15) is 0 Å². The normalized spacial score (nSPS) is 21.4. The van der Waals surface area contributed by atoms with E-state index in [-0.39, 0.29) is 24.5 Å². The molecule has 2 atom stereocenters. The highest BCUT2D eigenvalue weighted by molar-refractivity contribution is 6.35. The zero-order chi connectivity index (χ0) is 23.7. The second-order valence-corrected chi connectivity index (χ2v) is 9.95. The van der Waals surface area contributed by atoms with Gasteiger partial charge in [0.2, 0.25) is 0 Å². The van der Waals surface area contributed by atoms with Crippen LogP contribution in [0.4, 0.5) is 0 Å².